The quantitative estimate of drug-likeness (QED) is 0.654. The second kappa shape index (κ2) is 4.57. The Labute approximate surface area is 90.1 Å². The highest BCUT2D eigenvalue weighted by molar-refractivity contribution is 6.30. The van der Waals surface area contributed by atoms with Crippen LogP contribution in [0.1, 0.15) is 6.92 Å². The summed E-state index contributed by atoms with van der Waals surface area (Å²) in [7, 11) is 0. The molecule has 0 bridgehead atoms. The summed E-state index contributed by atoms with van der Waals surface area (Å²) in [6, 6.07) is -1.88. The van der Waals surface area contributed by atoms with Gasteiger partial charge in [-0.25, -0.2) is 0 Å². The van der Waals surface area contributed by atoms with Gasteiger partial charge in [-0.15, -0.1) is 11.6 Å². The zero-order valence-electron chi connectivity index (χ0n) is 8.05. The second-order valence-corrected chi connectivity index (χ2v) is 3.93. The molecular formula is C8H11ClF3NO2. The van der Waals surface area contributed by atoms with Crippen molar-refractivity contribution in [3.63, 3.8) is 0 Å². The van der Waals surface area contributed by atoms with Gasteiger partial charge in [-0.1, -0.05) is 0 Å². The summed E-state index contributed by atoms with van der Waals surface area (Å²) in [5.41, 5.74) is 0. The molecule has 15 heavy (non-hydrogen) atoms. The maximum Gasteiger partial charge on any atom is 0.411 e. The third kappa shape index (κ3) is 2.98. The van der Waals surface area contributed by atoms with E-state index in [0.717, 1.165) is 4.90 Å². The Balaban J connectivity index is 2.79. The van der Waals surface area contributed by atoms with E-state index in [2.05, 4.69) is 0 Å². The molecule has 3 nitrogen and oxygen atoms in total. The number of hydrogen-bond acceptors (Lipinski definition) is 2. The molecule has 0 saturated carbocycles. The van der Waals surface area contributed by atoms with Gasteiger partial charge in [-0.2, -0.15) is 13.2 Å². The van der Waals surface area contributed by atoms with E-state index in [4.69, 9.17) is 16.3 Å². The first-order valence-electron chi connectivity index (χ1n) is 4.43. The van der Waals surface area contributed by atoms with Gasteiger partial charge in [-0.05, 0) is 6.92 Å². The Bertz CT molecular complexity index is 245. The van der Waals surface area contributed by atoms with E-state index in [0.29, 0.717) is 0 Å². The summed E-state index contributed by atoms with van der Waals surface area (Å²) < 4.78 is 42.2. The molecule has 1 aliphatic rings. The fourth-order valence-electron chi connectivity index (χ4n) is 1.37. The van der Waals surface area contributed by atoms with Crippen molar-refractivity contribution in [2.45, 2.75) is 24.5 Å². The van der Waals surface area contributed by atoms with Crippen LogP contribution in [0.3, 0.4) is 0 Å². The highest BCUT2D eigenvalue weighted by Gasteiger charge is 2.47. The van der Waals surface area contributed by atoms with Gasteiger partial charge in [0.05, 0.1) is 13.2 Å². The molecule has 1 heterocycles. The normalized spacial score (nSPS) is 25.1. The van der Waals surface area contributed by atoms with Crippen molar-refractivity contribution in [3.05, 3.63) is 0 Å². The molecule has 1 amide bonds. The molecule has 1 rings (SSSR count). The van der Waals surface area contributed by atoms with Crippen LogP contribution in [-0.4, -0.2) is 48.2 Å². The minimum atomic E-state index is -4.47. The van der Waals surface area contributed by atoms with Crippen LogP contribution in [0.5, 0.6) is 0 Å². The van der Waals surface area contributed by atoms with Crippen molar-refractivity contribution < 1.29 is 22.7 Å². The van der Waals surface area contributed by atoms with E-state index in [1.807, 2.05) is 0 Å². The number of carbonyl (C=O) groups is 1. The summed E-state index contributed by atoms with van der Waals surface area (Å²) in [6.07, 6.45) is -4.47. The number of halogens is 4. The van der Waals surface area contributed by atoms with Crippen LogP contribution in [-0.2, 0) is 9.53 Å². The maximum absolute atomic E-state index is 12.5. The molecule has 1 fully saturated rings. The summed E-state index contributed by atoms with van der Waals surface area (Å²) in [5.74, 6) is -0.706. The predicted octanol–water partition coefficient (Wildman–Crippen LogP) is 1.40. The van der Waals surface area contributed by atoms with Gasteiger partial charge >= 0.3 is 6.18 Å². The standard InChI is InChI=1S/C8H11ClF3NO2/c1-5(9)7(14)13-2-3-15-4-6(13)8(10,11)12/h5-6H,2-4H2,1H3. The number of carbonyl (C=O) groups excluding carboxylic acids is 1. The third-order valence-corrected chi connectivity index (χ3v) is 2.32. The number of alkyl halides is 4. The van der Waals surface area contributed by atoms with Crippen molar-refractivity contribution in [1.82, 2.24) is 4.90 Å². The zero-order valence-corrected chi connectivity index (χ0v) is 8.81. The largest absolute Gasteiger partial charge is 0.411 e. The van der Waals surface area contributed by atoms with Gasteiger partial charge in [-0.3, -0.25) is 4.79 Å². The molecule has 2 atom stereocenters. The number of rotatable bonds is 1. The lowest BCUT2D eigenvalue weighted by atomic mass is 10.2. The average Bonchev–Trinajstić information content (AvgIpc) is 2.15. The summed E-state index contributed by atoms with van der Waals surface area (Å²) >= 11 is 5.48. The highest BCUT2D eigenvalue weighted by Crippen LogP contribution is 2.27. The first-order valence-corrected chi connectivity index (χ1v) is 4.86. The smallest absolute Gasteiger partial charge is 0.377 e. The minimum absolute atomic E-state index is 0.0694. The number of nitrogens with zero attached hydrogens (tertiary/aromatic N) is 1. The van der Waals surface area contributed by atoms with E-state index in [-0.39, 0.29) is 13.2 Å². The molecule has 0 aromatic rings. The fourth-order valence-corrected chi connectivity index (χ4v) is 1.49. The highest BCUT2D eigenvalue weighted by atomic mass is 35.5. The molecule has 1 saturated heterocycles. The first kappa shape index (κ1) is 12.6. The Morgan fingerprint density at radius 2 is 2.20 bits per heavy atom. The molecule has 0 spiro atoms. The Hall–Kier alpha value is -0.490. The zero-order chi connectivity index (χ0) is 11.6. The van der Waals surface area contributed by atoms with Crippen LogP contribution in [0.15, 0.2) is 0 Å². The fraction of sp³-hybridized carbons (Fsp3) is 0.875. The minimum Gasteiger partial charge on any atom is -0.377 e. The Morgan fingerprint density at radius 3 is 2.67 bits per heavy atom. The third-order valence-electron chi connectivity index (χ3n) is 2.13. The number of amides is 1. The van der Waals surface area contributed by atoms with Crippen LogP contribution in [0.25, 0.3) is 0 Å². The van der Waals surface area contributed by atoms with E-state index in [1.54, 1.807) is 0 Å². The Kier molecular flexibility index (Phi) is 3.83. The topological polar surface area (TPSA) is 29.5 Å². The van der Waals surface area contributed by atoms with E-state index in [9.17, 15) is 18.0 Å². The number of morpholine rings is 1. The summed E-state index contributed by atoms with van der Waals surface area (Å²) in [5, 5.41) is -0.951. The first-order chi connectivity index (χ1) is 6.84. The van der Waals surface area contributed by atoms with Crippen molar-refractivity contribution in [2.75, 3.05) is 19.8 Å². The van der Waals surface area contributed by atoms with Crippen molar-refractivity contribution in [1.29, 1.82) is 0 Å². The summed E-state index contributed by atoms with van der Waals surface area (Å²) in [4.78, 5) is 12.1. The van der Waals surface area contributed by atoms with E-state index >= 15 is 0 Å². The van der Waals surface area contributed by atoms with Crippen LogP contribution in [0.2, 0.25) is 0 Å². The van der Waals surface area contributed by atoms with Gasteiger partial charge in [0.25, 0.3) is 0 Å². The molecule has 88 valence electrons. The predicted molar refractivity (Wildman–Crippen MR) is 47.7 cm³/mol. The molecule has 0 aromatic heterocycles. The molecule has 1 aliphatic heterocycles. The van der Waals surface area contributed by atoms with Gasteiger partial charge < -0.3 is 9.64 Å². The van der Waals surface area contributed by atoms with Crippen molar-refractivity contribution in [3.8, 4) is 0 Å². The monoisotopic (exact) mass is 245 g/mol. The van der Waals surface area contributed by atoms with Crippen LogP contribution in [0.4, 0.5) is 13.2 Å². The second-order valence-electron chi connectivity index (χ2n) is 3.28. The van der Waals surface area contributed by atoms with Crippen LogP contribution >= 0.6 is 11.6 Å². The van der Waals surface area contributed by atoms with E-state index < -0.39 is 30.1 Å². The Morgan fingerprint density at radius 1 is 1.60 bits per heavy atom. The maximum atomic E-state index is 12.5. The van der Waals surface area contributed by atoms with Gasteiger partial charge in [0, 0.05) is 6.54 Å². The lowest BCUT2D eigenvalue weighted by Gasteiger charge is -2.37. The number of ether oxygens (including phenoxy) is 1. The molecule has 0 aliphatic carbocycles. The molecule has 7 heteroatoms. The molecule has 0 aromatic carbocycles. The van der Waals surface area contributed by atoms with E-state index in [1.165, 1.54) is 6.92 Å². The average molecular weight is 246 g/mol. The van der Waals surface area contributed by atoms with Gasteiger partial charge in [0.15, 0.2) is 6.04 Å². The number of hydrogen-bond donors (Lipinski definition) is 0. The molecule has 0 radical (unpaired) electrons. The lowest BCUT2D eigenvalue weighted by molar-refractivity contribution is -0.213. The van der Waals surface area contributed by atoms with Crippen molar-refractivity contribution in [2.24, 2.45) is 0 Å². The van der Waals surface area contributed by atoms with Crippen molar-refractivity contribution >= 4 is 17.5 Å². The molecule has 2 unspecified atom stereocenters. The van der Waals surface area contributed by atoms with Gasteiger partial charge in [0.2, 0.25) is 5.91 Å². The van der Waals surface area contributed by atoms with Crippen LogP contribution < -0.4 is 0 Å². The lowest BCUT2D eigenvalue weighted by Crippen LogP contribution is -2.57. The summed E-state index contributed by atoms with van der Waals surface area (Å²) in [6.45, 7) is 0.883. The molecular weight excluding hydrogens is 235 g/mol. The van der Waals surface area contributed by atoms with Gasteiger partial charge in [0.1, 0.15) is 5.38 Å². The van der Waals surface area contributed by atoms with Crippen LogP contribution in [0, 0.1) is 0 Å². The molecule has 0 N–H and O–H groups in total. The SMILES string of the molecule is CC(Cl)C(=O)N1CCOCC1C(F)(F)F.